The average molecular weight is 418 g/mol. The van der Waals surface area contributed by atoms with Crippen LogP contribution in [0.1, 0.15) is 37.3 Å². The van der Waals surface area contributed by atoms with Crippen molar-refractivity contribution in [2.24, 2.45) is 5.92 Å². The first-order valence-corrected chi connectivity index (χ1v) is 9.57. The molecule has 0 spiro atoms. The van der Waals surface area contributed by atoms with E-state index in [9.17, 15) is 4.79 Å². The molecule has 0 saturated carbocycles. The van der Waals surface area contributed by atoms with Crippen molar-refractivity contribution in [3.8, 4) is 0 Å². The van der Waals surface area contributed by atoms with Crippen molar-refractivity contribution in [2.75, 3.05) is 32.8 Å². The highest BCUT2D eigenvalue weighted by molar-refractivity contribution is 5.85. The monoisotopic (exact) mass is 417 g/mol. The predicted molar refractivity (Wildman–Crippen MR) is 114 cm³/mol. The van der Waals surface area contributed by atoms with E-state index in [2.05, 4.69) is 46.7 Å². The lowest BCUT2D eigenvalue weighted by Gasteiger charge is -2.31. The minimum atomic E-state index is 0. The third-order valence-electron chi connectivity index (χ3n) is 5.16. The van der Waals surface area contributed by atoms with Gasteiger partial charge in [0.25, 0.3) is 0 Å². The molecule has 2 aliphatic heterocycles. The topological polar surface area (TPSA) is 53.6 Å². The van der Waals surface area contributed by atoms with Gasteiger partial charge in [0.2, 0.25) is 5.91 Å². The SMILES string of the molecule is CC1CCCN(Cc2ccccc2CNC(=O)CC2COCCN2)C1.Cl.Cl. The number of hydrogen-bond acceptors (Lipinski definition) is 4. The lowest BCUT2D eigenvalue weighted by molar-refractivity contribution is -0.122. The summed E-state index contributed by atoms with van der Waals surface area (Å²) < 4.78 is 5.41. The smallest absolute Gasteiger partial charge is 0.221 e. The Balaban J connectivity index is 0.00000182. The number of carbonyl (C=O) groups excluding carboxylic acids is 1. The summed E-state index contributed by atoms with van der Waals surface area (Å²) in [5, 5.41) is 6.41. The number of piperidine rings is 1. The van der Waals surface area contributed by atoms with Gasteiger partial charge in [0.15, 0.2) is 0 Å². The number of nitrogens with zero attached hydrogens (tertiary/aromatic N) is 1. The Bertz CT molecular complexity index is 568. The van der Waals surface area contributed by atoms with E-state index in [1.165, 1.54) is 37.1 Å². The summed E-state index contributed by atoms with van der Waals surface area (Å²) in [6.45, 7) is 8.46. The van der Waals surface area contributed by atoms with Crippen LogP contribution in [0.15, 0.2) is 24.3 Å². The Hall–Kier alpha value is -0.850. The fourth-order valence-corrected chi connectivity index (χ4v) is 3.80. The second-order valence-corrected chi connectivity index (χ2v) is 7.46. The number of nitrogens with one attached hydrogen (secondary N) is 2. The summed E-state index contributed by atoms with van der Waals surface area (Å²) in [5.74, 6) is 0.871. The van der Waals surface area contributed by atoms with Gasteiger partial charge in [-0.15, -0.1) is 24.8 Å². The van der Waals surface area contributed by atoms with E-state index in [1.54, 1.807) is 0 Å². The summed E-state index contributed by atoms with van der Waals surface area (Å²) in [5.41, 5.74) is 2.55. The first-order chi connectivity index (χ1) is 12.2. The Morgan fingerprint density at radius 1 is 1.30 bits per heavy atom. The molecule has 154 valence electrons. The van der Waals surface area contributed by atoms with Crippen molar-refractivity contribution < 1.29 is 9.53 Å². The molecule has 2 unspecified atom stereocenters. The van der Waals surface area contributed by atoms with Crippen LogP contribution in [0.25, 0.3) is 0 Å². The highest BCUT2D eigenvalue weighted by Crippen LogP contribution is 2.19. The molecule has 2 fully saturated rings. The third-order valence-corrected chi connectivity index (χ3v) is 5.16. The summed E-state index contributed by atoms with van der Waals surface area (Å²) >= 11 is 0. The molecule has 5 nitrogen and oxygen atoms in total. The maximum atomic E-state index is 12.2. The first kappa shape index (κ1) is 24.2. The summed E-state index contributed by atoms with van der Waals surface area (Å²) in [7, 11) is 0. The largest absolute Gasteiger partial charge is 0.378 e. The summed E-state index contributed by atoms with van der Waals surface area (Å²) in [6, 6.07) is 8.61. The van der Waals surface area contributed by atoms with Crippen molar-refractivity contribution in [2.45, 2.75) is 45.3 Å². The lowest BCUT2D eigenvalue weighted by Crippen LogP contribution is -2.44. The second-order valence-electron chi connectivity index (χ2n) is 7.46. The highest BCUT2D eigenvalue weighted by Gasteiger charge is 2.18. The highest BCUT2D eigenvalue weighted by atomic mass is 35.5. The van der Waals surface area contributed by atoms with Crippen LogP contribution in [0.4, 0.5) is 0 Å². The fraction of sp³-hybridized carbons (Fsp3) is 0.650. The van der Waals surface area contributed by atoms with Crippen LogP contribution < -0.4 is 10.6 Å². The van der Waals surface area contributed by atoms with E-state index < -0.39 is 0 Å². The number of ether oxygens (including phenoxy) is 1. The van der Waals surface area contributed by atoms with Crippen molar-refractivity contribution in [3.63, 3.8) is 0 Å². The van der Waals surface area contributed by atoms with Gasteiger partial charge in [0.05, 0.1) is 13.2 Å². The van der Waals surface area contributed by atoms with Crippen LogP contribution in [-0.2, 0) is 22.6 Å². The molecule has 0 aliphatic carbocycles. The van der Waals surface area contributed by atoms with E-state index in [0.29, 0.717) is 19.6 Å². The molecule has 2 atom stereocenters. The van der Waals surface area contributed by atoms with Gasteiger partial charge in [-0.05, 0) is 36.4 Å². The molecule has 2 heterocycles. The van der Waals surface area contributed by atoms with Gasteiger partial charge in [-0.2, -0.15) is 0 Å². The van der Waals surface area contributed by atoms with Gasteiger partial charge in [0.1, 0.15) is 0 Å². The molecule has 0 aromatic heterocycles. The Morgan fingerprint density at radius 2 is 2.07 bits per heavy atom. The first-order valence-electron chi connectivity index (χ1n) is 9.57. The lowest BCUT2D eigenvalue weighted by atomic mass is 9.99. The molecule has 1 aromatic rings. The Labute approximate surface area is 175 Å². The molecule has 0 bridgehead atoms. The summed E-state index contributed by atoms with van der Waals surface area (Å²) in [4.78, 5) is 14.8. The molecule has 7 heteroatoms. The molecule has 2 N–H and O–H groups in total. The Kier molecular flexibility index (Phi) is 11.3. The zero-order valence-corrected chi connectivity index (χ0v) is 17.7. The predicted octanol–water partition coefficient (Wildman–Crippen LogP) is 2.76. The summed E-state index contributed by atoms with van der Waals surface area (Å²) in [6.07, 6.45) is 3.11. The van der Waals surface area contributed by atoms with Gasteiger partial charge in [-0.25, -0.2) is 0 Å². The number of amides is 1. The molecular formula is C20H33Cl2N3O2. The molecule has 27 heavy (non-hydrogen) atoms. The number of carbonyl (C=O) groups is 1. The number of rotatable bonds is 6. The van der Waals surface area contributed by atoms with E-state index in [4.69, 9.17) is 4.74 Å². The normalized spacial score (nSPS) is 23.0. The minimum absolute atomic E-state index is 0. The van der Waals surface area contributed by atoms with Crippen LogP contribution in [0.5, 0.6) is 0 Å². The van der Waals surface area contributed by atoms with Crippen LogP contribution in [0.3, 0.4) is 0 Å². The maximum absolute atomic E-state index is 12.2. The maximum Gasteiger partial charge on any atom is 0.221 e. The van der Waals surface area contributed by atoms with Gasteiger partial charge in [0, 0.05) is 38.6 Å². The van der Waals surface area contributed by atoms with Gasteiger partial charge in [-0.1, -0.05) is 31.2 Å². The van der Waals surface area contributed by atoms with Gasteiger partial charge in [-0.3, -0.25) is 9.69 Å². The molecule has 1 aromatic carbocycles. The number of likely N-dealkylation sites (tertiary alicyclic amines) is 1. The zero-order valence-electron chi connectivity index (χ0n) is 16.1. The number of morpholine rings is 1. The van der Waals surface area contributed by atoms with Crippen molar-refractivity contribution in [1.82, 2.24) is 15.5 Å². The molecule has 2 saturated heterocycles. The Morgan fingerprint density at radius 3 is 2.78 bits per heavy atom. The van der Waals surface area contributed by atoms with Crippen molar-refractivity contribution >= 4 is 30.7 Å². The van der Waals surface area contributed by atoms with E-state index >= 15 is 0 Å². The third kappa shape index (κ3) is 7.96. The zero-order chi connectivity index (χ0) is 17.5. The van der Waals surface area contributed by atoms with Crippen LogP contribution in [-0.4, -0.2) is 49.7 Å². The molecule has 2 aliphatic rings. The molecule has 3 rings (SSSR count). The van der Waals surface area contributed by atoms with Crippen molar-refractivity contribution in [3.05, 3.63) is 35.4 Å². The molecule has 0 radical (unpaired) electrons. The number of halogens is 2. The van der Waals surface area contributed by atoms with E-state index in [1.807, 2.05) is 0 Å². The number of hydrogen-bond donors (Lipinski definition) is 2. The van der Waals surface area contributed by atoms with E-state index in [0.717, 1.165) is 25.6 Å². The molecular weight excluding hydrogens is 385 g/mol. The van der Waals surface area contributed by atoms with E-state index in [-0.39, 0.29) is 36.8 Å². The van der Waals surface area contributed by atoms with Crippen LogP contribution in [0, 0.1) is 5.92 Å². The number of benzene rings is 1. The van der Waals surface area contributed by atoms with Gasteiger partial charge < -0.3 is 15.4 Å². The second kappa shape index (κ2) is 12.6. The average Bonchev–Trinajstić information content (AvgIpc) is 2.62. The standard InChI is InChI=1S/C20H31N3O2.2ClH/c1-16-5-4-9-23(13-16)14-18-7-3-2-6-17(18)12-22-20(24)11-19-15-25-10-8-21-19;;/h2-3,6-7,16,19,21H,4-5,8-15H2,1H3,(H,22,24);2*1H. The minimum Gasteiger partial charge on any atom is -0.378 e. The fourth-order valence-electron chi connectivity index (χ4n) is 3.80. The van der Waals surface area contributed by atoms with Gasteiger partial charge >= 0.3 is 0 Å². The van der Waals surface area contributed by atoms with Crippen molar-refractivity contribution in [1.29, 1.82) is 0 Å². The van der Waals surface area contributed by atoms with Crippen LogP contribution >= 0.6 is 24.8 Å². The van der Waals surface area contributed by atoms with Crippen LogP contribution in [0.2, 0.25) is 0 Å². The molecule has 1 amide bonds. The quantitative estimate of drug-likeness (QED) is 0.746.